The van der Waals surface area contributed by atoms with Crippen molar-refractivity contribution in [1.29, 1.82) is 0 Å². The molecule has 0 radical (unpaired) electrons. The lowest BCUT2D eigenvalue weighted by atomic mass is 9.92. The zero-order chi connectivity index (χ0) is 12.5. The van der Waals surface area contributed by atoms with Crippen LogP contribution in [-0.2, 0) is 14.6 Å². The van der Waals surface area contributed by atoms with Crippen LogP contribution in [0.15, 0.2) is 0 Å². The van der Waals surface area contributed by atoms with Crippen molar-refractivity contribution in [2.75, 3.05) is 11.5 Å². The van der Waals surface area contributed by atoms with Gasteiger partial charge in [0.1, 0.15) is 0 Å². The lowest BCUT2D eigenvalue weighted by Crippen LogP contribution is -2.47. The first-order chi connectivity index (χ1) is 7.98. The van der Waals surface area contributed by atoms with Crippen LogP contribution >= 0.6 is 0 Å². The summed E-state index contributed by atoms with van der Waals surface area (Å²) in [4.78, 5) is 11.9. The van der Waals surface area contributed by atoms with Crippen LogP contribution in [0.2, 0.25) is 0 Å². The van der Waals surface area contributed by atoms with E-state index in [2.05, 4.69) is 5.32 Å². The van der Waals surface area contributed by atoms with E-state index in [1.807, 2.05) is 0 Å². The molecule has 0 bridgehead atoms. The molecule has 1 unspecified atom stereocenters. The zero-order valence-corrected chi connectivity index (χ0v) is 10.6. The highest BCUT2D eigenvalue weighted by atomic mass is 32.2. The number of amides is 1. The van der Waals surface area contributed by atoms with E-state index < -0.39 is 21.9 Å². The average molecular weight is 261 g/mol. The summed E-state index contributed by atoms with van der Waals surface area (Å²) in [5, 5.41) is 12.5. The molecule has 2 rings (SSSR count). The predicted octanol–water partition coefficient (Wildman–Crippen LogP) is -0.159. The van der Waals surface area contributed by atoms with Gasteiger partial charge in [-0.25, -0.2) is 8.42 Å². The molecule has 1 aliphatic heterocycles. The standard InChI is InChI=1S/C11H19NO4S/c13-10-4-2-1-3-9(10)12-11(14)8-5-6-17(15,16)7-8/h8-10,13H,1-7H2,(H,12,14)/t8?,9-,10-/m1/s1. The van der Waals surface area contributed by atoms with E-state index in [1.54, 1.807) is 0 Å². The maximum absolute atomic E-state index is 11.9. The molecule has 2 N–H and O–H groups in total. The number of nitrogens with one attached hydrogen (secondary N) is 1. The Labute approximate surface area is 102 Å². The van der Waals surface area contributed by atoms with Gasteiger partial charge in [0.15, 0.2) is 9.84 Å². The highest BCUT2D eigenvalue weighted by Crippen LogP contribution is 2.22. The number of carbonyl (C=O) groups is 1. The van der Waals surface area contributed by atoms with Crippen molar-refractivity contribution in [2.45, 2.75) is 44.2 Å². The number of aliphatic hydroxyl groups is 1. The normalized spacial score (nSPS) is 36.6. The Hall–Kier alpha value is -0.620. The van der Waals surface area contributed by atoms with Crippen molar-refractivity contribution in [3.63, 3.8) is 0 Å². The monoisotopic (exact) mass is 261 g/mol. The van der Waals surface area contributed by atoms with Gasteiger partial charge in [-0.2, -0.15) is 0 Å². The van der Waals surface area contributed by atoms with Gasteiger partial charge in [-0.1, -0.05) is 12.8 Å². The molecule has 6 heteroatoms. The molecule has 0 aromatic carbocycles. The van der Waals surface area contributed by atoms with Crippen LogP contribution in [0.25, 0.3) is 0 Å². The molecular weight excluding hydrogens is 242 g/mol. The van der Waals surface area contributed by atoms with E-state index in [-0.39, 0.29) is 23.5 Å². The molecule has 0 aromatic heterocycles. The fourth-order valence-electron chi connectivity index (χ4n) is 2.58. The number of sulfone groups is 1. The van der Waals surface area contributed by atoms with E-state index in [4.69, 9.17) is 0 Å². The third-order valence-corrected chi connectivity index (χ3v) is 5.43. The molecule has 17 heavy (non-hydrogen) atoms. The molecule has 5 nitrogen and oxygen atoms in total. The van der Waals surface area contributed by atoms with Crippen LogP contribution in [0, 0.1) is 5.92 Å². The largest absolute Gasteiger partial charge is 0.391 e. The van der Waals surface area contributed by atoms with Crippen molar-refractivity contribution < 1.29 is 18.3 Å². The predicted molar refractivity (Wildman–Crippen MR) is 63.2 cm³/mol. The Morgan fingerprint density at radius 2 is 1.88 bits per heavy atom. The fourth-order valence-corrected chi connectivity index (χ4v) is 4.32. The Kier molecular flexibility index (Phi) is 3.73. The first-order valence-corrected chi connectivity index (χ1v) is 7.99. The third-order valence-electron chi connectivity index (χ3n) is 3.66. The molecule has 98 valence electrons. The van der Waals surface area contributed by atoms with Crippen LogP contribution in [-0.4, -0.2) is 43.1 Å². The molecular formula is C11H19NO4S. The Balaban J connectivity index is 1.89. The smallest absolute Gasteiger partial charge is 0.224 e. The first kappa shape index (κ1) is 12.8. The molecule has 1 amide bonds. The number of carbonyl (C=O) groups excluding carboxylic acids is 1. The molecule has 1 aliphatic carbocycles. The minimum atomic E-state index is -3.02. The molecule has 0 spiro atoms. The Morgan fingerprint density at radius 1 is 1.18 bits per heavy atom. The maximum atomic E-state index is 11.9. The van der Waals surface area contributed by atoms with Gasteiger partial charge >= 0.3 is 0 Å². The second-order valence-electron chi connectivity index (χ2n) is 5.07. The summed E-state index contributed by atoms with van der Waals surface area (Å²) in [7, 11) is -3.02. The second kappa shape index (κ2) is 4.94. The summed E-state index contributed by atoms with van der Waals surface area (Å²) < 4.78 is 22.5. The summed E-state index contributed by atoms with van der Waals surface area (Å²) >= 11 is 0. The molecule has 1 heterocycles. The summed E-state index contributed by atoms with van der Waals surface area (Å²) in [6, 6.07) is -0.195. The third kappa shape index (κ3) is 3.19. The van der Waals surface area contributed by atoms with E-state index in [0.717, 1.165) is 19.3 Å². The minimum absolute atomic E-state index is 0.0400. The highest BCUT2D eigenvalue weighted by Gasteiger charge is 2.35. The van der Waals surface area contributed by atoms with Crippen molar-refractivity contribution >= 4 is 15.7 Å². The van der Waals surface area contributed by atoms with Crippen molar-refractivity contribution in [2.24, 2.45) is 5.92 Å². The number of hydrogen-bond donors (Lipinski definition) is 2. The van der Waals surface area contributed by atoms with Crippen molar-refractivity contribution in [1.82, 2.24) is 5.32 Å². The quantitative estimate of drug-likeness (QED) is 0.723. The molecule has 0 aromatic rings. The van der Waals surface area contributed by atoms with Crippen LogP contribution in [0.1, 0.15) is 32.1 Å². The summed E-state index contributed by atoms with van der Waals surface area (Å²) in [5.41, 5.74) is 0. The van der Waals surface area contributed by atoms with Gasteiger partial charge in [0, 0.05) is 0 Å². The van der Waals surface area contributed by atoms with E-state index >= 15 is 0 Å². The van der Waals surface area contributed by atoms with E-state index in [1.165, 1.54) is 0 Å². The summed E-state index contributed by atoms with van der Waals surface area (Å²) in [6.45, 7) is 0. The average Bonchev–Trinajstić information content (AvgIpc) is 2.62. The number of aliphatic hydroxyl groups excluding tert-OH is 1. The molecule has 2 aliphatic rings. The van der Waals surface area contributed by atoms with E-state index in [9.17, 15) is 18.3 Å². The van der Waals surface area contributed by atoms with Crippen LogP contribution < -0.4 is 5.32 Å². The molecule has 3 atom stereocenters. The SMILES string of the molecule is O=C(N[C@@H]1CCCC[C@H]1O)C1CCS(=O)(=O)C1. The topological polar surface area (TPSA) is 83.5 Å². The van der Waals surface area contributed by atoms with Gasteiger partial charge in [-0.3, -0.25) is 4.79 Å². The first-order valence-electron chi connectivity index (χ1n) is 6.17. The van der Waals surface area contributed by atoms with Gasteiger partial charge in [0.25, 0.3) is 0 Å². The highest BCUT2D eigenvalue weighted by molar-refractivity contribution is 7.91. The number of hydrogen-bond acceptors (Lipinski definition) is 4. The second-order valence-corrected chi connectivity index (χ2v) is 7.30. The van der Waals surface area contributed by atoms with Crippen LogP contribution in [0.4, 0.5) is 0 Å². The van der Waals surface area contributed by atoms with Gasteiger partial charge in [0.05, 0.1) is 29.6 Å². The zero-order valence-electron chi connectivity index (χ0n) is 9.76. The molecule has 1 saturated heterocycles. The van der Waals surface area contributed by atoms with Crippen LogP contribution in [0.5, 0.6) is 0 Å². The van der Waals surface area contributed by atoms with Gasteiger partial charge < -0.3 is 10.4 Å². The Bertz CT molecular complexity index is 392. The maximum Gasteiger partial charge on any atom is 0.224 e. The molecule has 1 saturated carbocycles. The number of rotatable bonds is 2. The summed E-state index contributed by atoms with van der Waals surface area (Å²) in [6.07, 6.45) is 3.43. The Morgan fingerprint density at radius 3 is 2.47 bits per heavy atom. The fraction of sp³-hybridized carbons (Fsp3) is 0.909. The van der Waals surface area contributed by atoms with E-state index in [0.29, 0.717) is 12.8 Å². The lowest BCUT2D eigenvalue weighted by Gasteiger charge is -2.29. The van der Waals surface area contributed by atoms with Gasteiger partial charge in [-0.05, 0) is 19.3 Å². The van der Waals surface area contributed by atoms with Crippen molar-refractivity contribution in [3.05, 3.63) is 0 Å². The van der Waals surface area contributed by atoms with Crippen molar-refractivity contribution in [3.8, 4) is 0 Å². The summed E-state index contributed by atoms with van der Waals surface area (Å²) in [5.74, 6) is -0.564. The molecule has 2 fully saturated rings. The van der Waals surface area contributed by atoms with Crippen LogP contribution in [0.3, 0.4) is 0 Å². The van der Waals surface area contributed by atoms with Gasteiger partial charge in [0.2, 0.25) is 5.91 Å². The minimum Gasteiger partial charge on any atom is -0.391 e. The van der Waals surface area contributed by atoms with Gasteiger partial charge in [-0.15, -0.1) is 0 Å². The lowest BCUT2D eigenvalue weighted by molar-refractivity contribution is -0.126.